The van der Waals surface area contributed by atoms with Gasteiger partial charge in [-0.1, -0.05) is 12.1 Å². The van der Waals surface area contributed by atoms with Crippen molar-refractivity contribution in [3.63, 3.8) is 0 Å². The van der Waals surface area contributed by atoms with Crippen LogP contribution in [0.25, 0.3) is 10.9 Å². The van der Waals surface area contributed by atoms with Gasteiger partial charge < -0.3 is 5.32 Å². The minimum atomic E-state index is -0.158. The van der Waals surface area contributed by atoms with Crippen molar-refractivity contribution in [1.29, 1.82) is 0 Å². The van der Waals surface area contributed by atoms with Gasteiger partial charge >= 0.3 is 0 Å². The Morgan fingerprint density at radius 2 is 2.30 bits per heavy atom. The molecular weight excluding hydrogens is 292 g/mol. The molecule has 7 nitrogen and oxygen atoms in total. The first-order chi connectivity index (χ1) is 11.2. The Morgan fingerprint density at radius 3 is 3.13 bits per heavy atom. The van der Waals surface area contributed by atoms with Gasteiger partial charge in [-0.3, -0.25) is 19.5 Å². The number of fused-ring (bicyclic) bond motifs is 1. The molecule has 1 amide bonds. The number of carbonyl (C=O) groups excluding carboxylic acids is 1. The molecule has 1 saturated heterocycles. The summed E-state index contributed by atoms with van der Waals surface area (Å²) in [5, 5.41) is 15.7. The van der Waals surface area contributed by atoms with Gasteiger partial charge in [0.25, 0.3) is 0 Å². The molecule has 1 unspecified atom stereocenters. The standard InChI is InChI=1S/C16H18N6O/c1-21-6-5-15(20-21)22-7-4-13(16(22)23)17-9-11-2-3-12-10-18-19-14(12)8-11/h2-3,5-6,8,10,13,17H,4,7,9H2,1H3,(H,18,19). The summed E-state index contributed by atoms with van der Waals surface area (Å²) in [7, 11) is 1.85. The molecule has 0 saturated carbocycles. The predicted octanol–water partition coefficient (Wildman–Crippen LogP) is 1.19. The second-order valence-corrected chi connectivity index (χ2v) is 5.85. The summed E-state index contributed by atoms with van der Waals surface area (Å²) < 4.78 is 1.71. The number of carbonyl (C=O) groups is 1. The van der Waals surface area contributed by atoms with Gasteiger partial charge in [0, 0.05) is 37.8 Å². The van der Waals surface area contributed by atoms with Gasteiger partial charge in [-0.25, -0.2) is 0 Å². The monoisotopic (exact) mass is 310 g/mol. The van der Waals surface area contributed by atoms with E-state index in [1.54, 1.807) is 15.8 Å². The summed E-state index contributed by atoms with van der Waals surface area (Å²) in [6.07, 6.45) is 4.45. The topological polar surface area (TPSA) is 78.8 Å². The normalized spacial score (nSPS) is 18.2. The fourth-order valence-corrected chi connectivity index (χ4v) is 2.98. The zero-order valence-corrected chi connectivity index (χ0v) is 12.9. The van der Waals surface area contributed by atoms with Crippen LogP contribution in [0, 0.1) is 0 Å². The van der Waals surface area contributed by atoms with E-state index in [1.165, 1.54) is 0 Å². The molecule has 1 aromatic carbocycles. The molecule has 118 valence electrons. The van der Waals surface area contributed by atoms with E-state index in [2.05, 4.69) is 32.7 Å². The van der Waals surface area contributed by atoms with Gasteiger partial charge in [0.2, 0.25) is 5.91 Å². The summed E-state index contributed by atoms with van der Waals surface area (Å²) in [5.41, 5.74) is 2.14. The summed E-state index contributed by atoms with van der Waals surface area (Å²) in [6.45, 7) is 1.36. The molecule has 0 spiro atoms. The highest BCUT2D eigenvalue weighted by Crippen LogP contribution is 2.20. The Labute approximate surface area is 133 Å². The number of hydrogen-bond acceptors (Lipinski definition) is 4. The highest BCUT2D eigenvalue weighted by atomic mass is 16.2. The molecule has 2 aromatic heterocycles. The summed E-state index contributed by atoms with van der Waals surface area (Å²) in [4.78, 5) is 14.3. The largest absolute Gasteiger partial charge is 0.302 e. The van der Waals surface area contributed by atoms with Crippen molar-refractivity contribution in [2.75, 3.05) is 11.4 Å². The number of amides is 1. The lowest BCUT2D eigenvalue weighted by molar-refractivity contribution is -0.118. The van der Waals surface area contributed by atoms with Crippen LogP contribution in [0.2, 0.25) is 0 Å². The summed E-state index contributed by atoms with van der Waals surface area (Å²) in [6, 6.07) is 7.86. The van der Waals surface area contributed by atoms with E-state index in [-0.39, 0.29) is 11.9 Å². The van der Waals surface area contributed by atoms with Crippen LogP contribution in [0.15, 0.2) is 36.7 Å². The van der Waals surface area contributed by atoms with E-state index in [9.17, 15) is 4.79 Å². The number of aryl methyl sites for hydroxylation is 1. The lowest BCUT2D eigenvalue weighted by Crippen LogP contribution is -2.38. The molecule has 3 aromatic rings. The molecule has 1 aliphatic rings. The molecule has 0 bridgehead atoms. The van der Waals surface area contributed by atoms with Gasteiger partial charge in [-0.15, -0.1) is 0 Å². The maximum atomic E-state index is 12.5. The number of anilines is 1. The van der Waals surface area contributed by atoms with Gasteiger partial charge in [0.05, 0.1) is 17.8 Å². The highest BCUT2D eigenvalue weighted by molar-refractivity contribution is 5.98. The zero-order valence-electron chi connectivity index (χ0n) is 12.9. The molecule has 23 heavy (non-hydrogen) atoms. The van der Waals surface area contributed by atoms with Crippen molar-refractivity contribution in [1.82, 2.24) is 25.3 Å². The van der Waals surface area contributed by atoms with Crippen molar-refractivity contribution in [3.8, 4) is 0 Å². The molecule has 1 atom stereocenters. The molecule has 0 aliphatic carbocycles. The summed E-state index contributed by atoms with van der Waals surface area (Å²) >= 11 is 0. The van der Waals surface area contributed by atoms with Crippen LogP contribution >= 0.6 is 0 Å². The zero-order chi connectivity index (χ0) is 15.8. The second kappa shape index (κ2) is 5.51. The number of benzene rings is 1. The third-order valence-electron chi connectivity index (χ3n) is 4.24. The molecule has 1 fully saturated rings. The molecule has 1 aliphatic heterocycles. The second-order valence-electron chi connectivity index (χ2n) is 5.85. The Balaban J connectivity index is 1.42. The van der Waals surface area contributed by atoms with Crippen molar-refractivity contribution in [2.45, 2.75) is 19.0 Å². The van der Waals surface area contributed by atoms with Crippen molar-refractivity contribution in [3.05, 3.63) is 42.2 Å². The maximum Gasteiger partial charge on any atom is 0.245 e. The number of aromatic amines is 1. The fraction of sp³-hybridized carbons (Fsp3) is 0.312. The van der Waals surface area contributed by atoms with Gasteiger partial charge in [0.15, 0.2) is 5.82 Å². The molecule has 3 heterocycles. The lowest BCUT2D eigenvalue weighted by Gasteiger charge is -2.14. The third-order valence-corrected chi connectivity index (χ3v) is 4.24. The first-order valence-electron chi connectivity index (χ1n) is 7.67. The number of H-pyrrole nitrogens is 1. The minimum absolute atomic E-state index is 0.0892. The van der Waals surface area contributed by atoms with E-state index in [1.807, 2.05) is 25.4 Å². The predicted molar refractivity (Wildman–Crippen MR) is 86.9 cm³/mol. The Bertz CT molecular complexity index is 851. The van der Waals surface area contributed by atoms with Crippen LogP contribution in [-0.2, 0) is 18.4 Å². The van der Waals surface area contributed by atoms with Gasteiger partial charge in [-0.05, 0) is 18.1 Å². The molecule has 4 rings (SSSR count). The number of nitrogens with zero attached hydrogens (tertiary/aromatic N) is 4. The van der Waals surface area contributed by atoms with E-state index in [0.29, 0.717) is 13.1 Å². The van der Waals surface area contributed by atoms with Crippen LogP contribution in [0.5, 0.6) is 0 Å². The Kier molecular flexibility index (Phi) is 3.34. The van der Waals surface area contributed by atoms with E-state index < -0.39 is 0 Å². The lowest BCUT2D eigenvalue weighted by atomic mass is 10.1. The Morgan fingerprint density at radius 1 is 1.39 bits per heavy atom. The number of hydrogen-bond donors (Lipinski definition) is 2. The highest BCUT2D eigenvalue weighted by Gasteiger charge is 2.33. The van der Waals surface area contributed by atoms with Crippen molar-refractivity contribution < 1.29 is 4.79 Å². The minimum Gasteiger partial charge on any atom is -0.302 e. The van der Waals surface area contributed by atoms with Crippen LogP contribution in [0.3, 0.4) is 0 Å². The van der Waals surface area contributed by atoms with Crippen LogP contribution in [0.1, 0.15) is 12.0 Å². The summed E-state index contributed by atoms with van der Waals surface area (Å²) in [5.74, 6) is 0.812. The van der Waals surface area contributed by atoms with Crippen LogP contribution < -0.4 is 10.2 Å². The number of aromatic nitrogens is 4. The average Bonchev–Trinajstić information content (AvgIpc) is 3.25. The van der Waals surface area contributed by atoms with Gasteiger partial charge in [-0.2, -0.15) is 10.2 Å². The van der Waals surface area contributed by atoms with E-state index >= 15 is 0 Å². The molecule has 7 heteroatoms. The first-order valence-corrected chi connectivity index (χ1v) is 7.67. The quantitative estimate of drug-likeness (QED) is 0.759. The smallest absolute Gasteiger partial charge is 0.245 e. The first kappa shape index (κ1) is 14.0. The Hall–Kier alpha value is -2.67. The number of rotatable bonds is 4. The average molecular weight is 310 g/mol. The van der Waals surface area contributed by atoms with Crippen LogP contribution in [-0.4, -0.2) is 38.5 Å². The van der Waals surface area contributed by atoms with Crippen LogP contribution in [0.4, 0.5) is 5.82 Å². The van der Waals surface area contributed by atoms with Gasteiger partial charge in [0.1, 0.15) is 0 Å². The number of nitrogens with one attached hydrogen (secondary N) is 2. The van der Waals surface area contributed by atoms with E-state index in [0.717, 1.165) is 28.7 Å². The molecular formula is C16H18N6O. The van der Waals surface area contributed by atoms with E-state index in [4.69, 9.17) is 0 Å². The van der Waals surface area contributed by atoms with Crippen molar-refractivity contribution >= 4 is 22.6 Å². The SMILES string of the molecule is Cn1ccc(N2CCC(NCc3ccc4cn[nH]c4c3)C2=O)n1. The molecule has 2 N–H and O–H groups in total. The van der Waals surface area contributed by atoms with Crippen molar-refractivity contribution in [2.24, 2.45) is 7.05 Å². The third kappa shape index (κ3) is 2.59. The maximum absolute atomic E-state index is 12.5. The fourth-order valence-electron chi connectivity index (χ4n) is 2.98. The molecule has 0 radical (unpaired) electrons.